The van der Waals surface area contributed by atoms with E-state index in [4.69, 9.17) is 5.26 Å². The highest BCUT2D eigenvalue weighted by molar-refractivity contribution is 8.01. The molecule has 0 unspecified atom stereocenters. The predicted molar refractivity (Wildman–Crippen MR) is 43.8 cm³/mol. The second-order valence-electron chi connectivity index (χ2n) is 1.60. The second-order valence-corrected chi connectivity index (χ2v) is 2.31. The molecule has 0 aromatic rings. The van der Waals surface area contributed by atoms with E-state index in [-0.39, 0.29) is 5.57 Å². The third-order valence-corrected chi connectivity index (χ3v) is 1.32. The molecule has 0 amide bonds. The molecule has 0 aliphatic heterocycles. The van der Waals surface area contributed by atoms with E-state index < -0.39 is 5.97 Å². The number of thioether (sulfide) groups is 1. The van der Waals surface area contributed by atoms with E-state index in [0.29, 0.717) is 6.61 Å². The van der Waals surface area contributed by atoms with Crippen LogP contribution >= 0.6 is 11.8 Å². The third-order valence-electron chi connectivity index (χ3n) is 0.851. The monoisotopic (exact) mass is 171 g/mol. The summed E-state index contributed by atoms with van der Waals surface area (Å²) >= 11 is 1.30. The van der Waals surface area contributed by atoms with Gasteiger partial charge < -0.3 is 4.74 Å². The van der Waals surface area contributed by atoms with E-state index >= 15 is 0 Å². The van der Waals surface area contributed by atoms with Crippen LogP contribution in [0.1, 0.15) is 6.92 Å². The Morgan fingerprint density at radius 2 is 2.45 bits per heavy atom. The molecule has 0 aliphatic carbocycles. The highest BCUT2D eigenvalue weighted by atomic mass is 32.2. The normalized spacial score (nSPS) is 10.5. The Morgan fingerprint density at radius 3 is 2.82 bits per heavy atom. The molecule has 0 radical (unpaired) electrons. The molecule has 4 heteroatoms. The Morgan fingerprint density at radius 1 is 1.82 bits per heavy atom. The van der Waals surface area contributed by atoms with Crippen LogP contribution in [0.3, 0.4) is 0 Å². The third kappa shape index (κ3) is 3.68. The molecule has 0 aliphatic rings. The van der Waals surface area contributed by atoms with Gasteiger partial charge in [0.25, 0.3) is 0 Å². The summed E-state index contributed by atoms with van der Waals surface area (Å²) in [5.74, 6) is -0.552. The minimum Gasteiger partial charge on any atom is -0.462 e. The first kappa shape index (κ1) is 10.0. The SMILES string of the molecule is CCOC(=O)/C(C#N)=C/SC. The minimum atomic E-state index is -0.552. The smallest absolute Gasteiger partial charge is 0.349 e. The molecule has 0 spiro atoms. The molecule has 0 aromatic carbocycles. The number of nitrogens with zero attached hydrogens (tertiary/aromatic N) is 1. The van der Waals surface area contributed by atoms with E-state index in [0.717, 1.165) is 0 Å². The number of carbonyl (C=O) groups is 1. The maximum absolute atomic E-state index is 10.8. The highest BCUT2D eigenvalue weighted by Crippen LogP contribution is 2.03. The zero-order valence-corrected chi connectivity index (χ0v) is 7.27. The fourth-order valence-corrected chi connectivity index (χ4v) is 0.831. The van der Waals surface area contributed by atoms with Gasteiger partial charge in [-0.25, -0.2) is 4.79 Å². The van der Waals surface area contributed by atoms with Crippen LogP contribution in [0.2, 0.25) is 0 Å². The van der Waals surface area contributed by atoms with Crippen LogP contribution in [-0.4, -0.2) is 18.8 Å². The molecule has 0 saturated heterocycles. The van der Waals surface area contributed by atoms with Gasteiger partial charge in [-0.05, 0) is 18.6 Å². The fourth-order valence-electron chi connectivity index (χ4n) is 0.447. The van der Waals surface area contributed by atoms with E-state index in [2.05, 4.69) is 4.74 Å². The number of hydrogen-bond acceptors (Lipinski definition) is 4. The molecular formula is C7H9NO2S. The Hall–Kier alpha value is -0.950. The largest absolute Gasteiger partial charge is 0.462 e. The van der Waals surface area contributed by atoms with Crippen LogP contribution < -0.4 is 0 Å². The minimum absolute atomic E-state index is 0.0550. The second kappa shape index (κ2) is 5.81. The van der Waals surface area contributed by atoms with Crippen molar-refractivity contribution >= 4 is 17.7 Å². The molecule has 0 atom stereocenters. The lowest BCUT2D eigenvalue weighted by Gasteiger charge is -1.97. The van der Waals surface area contributed by atoms with Gasteiger partial charge in [-0.3, -0.25) is 0 Å². The van der Waals surface area contributed by atoms with Crippen molar-refractivity contribution in [3.8, 4) is 6.07 Å². The summed E-state index contributed by atoms with van der Waals surface area (Å²) in [6.45, 7) is 2.00. The molecular weight excluding hydrogens is 162 g/mol. The van der Waals surface area contributed by atoms with Crippen LogP contribution in [-0.2, 0) is 9.53 Å². The van der Waals surface area contributed by atoms with Gasteiger partial charge in [0.15, 0.2) is 0 Å². The van der Waals surface area contributed by atoms with Crippen LogP contribution in [0.15, 0.2) is 11.0 Å². The molecule has 60 valence electrons. The van der Waals surface area contributed by atoms with Crippen molar-refractivity contribution in [2.24, 2.45) is 0 Å². The van der Waals surface area contributed by atoms with Crippen molar-refractivity contribution < 1.29 is 9.53 Å². The number of hydrogen-bond donors (Lipinski definition) is 0. The van der Waals surface area contributed by atoms with Crippen molar-refractivity contribution in [1.29, 1.82) is 5.26 Å². The number of nitriles is 1. The zero-order valence-electron chi connectivity index (χ0n) is 6.46. The number of carbonyl (C=O) groups excluding carboxylic acids is 1. The lowest BCUT2D eigenvalue weighted by atomic mass is 10.3. The summed E-state index contributed by atoms with van der Waals surface area (Å²) in [5, 5.41) is 9.89. The van der Waals surface area contributed by atoms with Gasteiger partial charge in [0.1, 0.15) is 11.6 Å². The van der Waals surface area contributed by atoms with Gasteiger partial charge >= 0.3 is 5.97 Å². The quantitative estimate of drug-likeness (QED) is 0.365. The van der Waals surface area contributed by atoms with E-state index in [9.17, 15) is 4.79 Å². The summed E-state index contributed by atoms with van der Waals surface area (Å²) in [6.07, 6.45) is 1.77. The van der Waals surface area contributed by atoms with E-state index in [1.165, 1.54) is 17.2 Å². The van der Waals surface area contributed by atoms with Gasteiger partial charge in [0.05, 0.1) is 6.61 Å². The van der Waals surface area contributed by atoms with E-state index in [1.54, 1.807) is 19.2 Å². The van der Waals surface area contributed by atoms with Crippen LogP contribution in [0.5, 0.6) is 0 Å². The van der Waals surface area contributed by atoms with Gasteiger partial charge in [0, 0.05) is 0 Å². The topological polar surface area (TPSA) is 50.1 Å². The first-order valence-corrected chi connectivity index (χ1v) is 4.35. The summed E-state index contributed by atoms with van der Waals surface area (Å²) in [5.41, 5.74) is 0.0550. The summed E-state index contributed by atoms with van der Waals surface area (Å²) < 4.78 is 4.60. The summed E-state index contributed by atoms with van der Waals surface area (Å²) in [6, 6.07) is 1.75. The lowest BCUT2D eigenvalue weighted by Crippen LogP contribution is -2.05. The number of esters is 1. The Bertz CT molecular complexity index is 205. The molecule has 0 saturated carbocycles. The predicted octanol–water partition coefficient (Wildman–Crippen LogP) is 1.32. The maximum atomic E-state index is 10.8. The lowest BCUT2D eigenvalue weighted by molar-refractivity contribution is -0.137. The Labute approximate surface area is 70.0 Å². The first-order valence-electron chi connectivity index (χ1n) is 3.06. The summed E-state index contributed by atoms with van der Waals surface area (Å²) in [7, 11) is 0. The number of ether oxygens (including phenoxy) is 1. The van der Waals surface area contributed by atoms with Gasteiger partial charge in [-0.1, -0.05) is 0 Å². The summed E-state index contributed by atoms with van der Waals surface area (Å²) in [4.78, 5) is 10.8. The van der Waals surface area contributed by atoms with Crippen molar-refractivity contribution in [3.05, 3.63) is 11.0 Å². The number of rotatable bonds is 3. The van der Waals surface area contributed by atoms with Crippen molar-refractivity contribution in [2.75, 3.05) is 12.9 Å². The molecule has 0 rings (SSSR count). The van der Waals surface area contributed by atoms with Crippen molar-refractivity contribution in [1.82, 2.24) is 0 Å². The average molecular weight is 171 g/mol. The molecule has 0 N–H and O–H groups in total. The van der Waals surface area contributed by atoms with Gasteiger partial charge in [0.2, 0.25) is 0 Å². The molecule has 0 bridgehead atoms. The van der Waals surface area contributed by atoms with Crippen molar-refractivity contribution in [2.45, 2.75) is 6.92 Å². The molecule has 0 heterocycles. The van der Waals surface area contributed by atoms with Crippen LogP contribution in [0.4, 0.5) is 0 Å². The van der Waals surface area contributed by atoms with Crippen molar-refractivity contribution in [3.63, 3.8) is 0 Å². The van der Waals surface area contributed by atoms with Gasteiger partial charge in [-0.15, -0.1) is 11.8 Å². The average Bonchev–Trinajstić information content (AvgIpc) is 2.00. The van der Waals surface area contributed by atoms with Gasteiger partial charge in [-0.2, -0.15) is 5.26 Å². The van der Waals surface area contributed by atoms with Crippen LogP contribution in [0.25, 0.3) is 0 Å². The molecule has 11 heavy (non-hydrogen) atoms. The Balaban J connectivity index is 4.18. The zero-order chi connectivity index (χ0) is 8.69. The molecule has 3 nitrogen and oxygen atoms in total. The first-order chi connectivity index (χ1) is 5.26. The maximum Gasteiger partial charge on any atom is 0.349 e. The molecule has 0 aromatic heterocycles. The fraction of sp³-hybridized carbons (Fsp3) is 0.429. The van der Waals surface area contributed by atoms with E-state index in [1.807, 2.05) is 0 Å². The van der Waals surface area contributed by atoms with Crippen LogP contribution in [0, 0.1) is 11.3 Å². The molecule has 0 fully saturated rings. The Kier molecular flexibility index (Phi) is 5.30. The highest BCUT2D eigenvalue weighted by Gasteiger charge is 2.07. The standard InChI is InChI=1S/C7H9NO2S/c1-3-10-7(9)6(4-8)5-11-2/h5H,3H2,1-2H3/b6-5+.